The Morgan fingerprint density at radius 3 is 2.52 bits per heavy atom. The summed E-state index contributed by atoms with van der Waals surface area (Å²) in [6.45, 7) is 5.68. The number of allylic oxidation sites excluding steroid dienone is 1. The quantitative estimate of drug-likeness (QED) is 0.831. The molecule has 1 aromatic carbocycles. The molecule has 0 saturated heterocycles. The minimum Gasteiger partial charge on any atom is -0.461 e. The fourth-order valence-electron chi connectivity index (χ4n) is 1.61. The Balaban J connectivity index is 2.29. The van der Waals surface area contributed by atoms with Gasteiger partial charge in [0.15, 0.2) is 0 Å². The van der Waals surface area contributed by atoms with E-state index in [0.717, 1.165) is 5.56 Å². The molecule has 0 saturated carbocycles. The van der Waals surface area contributed by atoms with Crippen LogP contribution in [0.1, 0.15) is 26.3 Å². The zero-order valence-electron chi connectivity index (χ0n) is 12.1. The Hall–Kier alpha value is -2.14. The first-order valence-corrected chi connectivity index (χ1v) is 6.94. The van der Waals surface area contributed by atoms with Crippen LogP contribution >= 0.6 is 11.6 Å². The molecule has 0 radical (unpaired) electrons. The van der Waals surface area contributed by atoms with E-state index in [2.05, 4.69) is 15.0 Å². The lowest BCUT2D eigenvalue weighted by Crippen LogP contribution is -2.09. The zero-order chi connectivity index (χ0) is 15.2. The van der Waals surface area contributed by atoms with Gasteiger partial charge in [-0.25, -0.2) is 0 Å². The Kier molecular flexibility index (Phi) is 5.11. The standard InChI is InChI=1S/C15H16ClN3O2/c1-4-7-11-8-5-6-9-12(11)21-15-18-13(16)17-14(19-15)20-10(2)3/h4-10H,1-3H3. The van der Waals surface area contributed by atoms with E-state index in [1.807, 2.05) is 57.2 Å². The van der Waals surface area contributed by atoms with Gasteiger partial charge in [0.25, 0.3) is 0 Å². The lowest BCUT2D eigenvalue weighted by Gasteiger charge is -2.10. The normalized spacial score (nSPS) is 11.1. The number of para-hydroxylation sites is 1. The molecule has 6 heteroatoms. The van der Waals surface area contributed by atoms with Crippen molar-refractivity contribution in [1.82, 2.24) is 15.0 Å². The first-order chi connectivity index (χ1) is 10.1. The van der Waals surface area contributed by atoms with Gasteiger partial charge in [-0.15, -0.1) is 4.98 Å². The number of aromatic nitrogens is 3. The van der Waals surface area contributed by atoms with E-state index in [9.17, 15) is 0 Å². The number of halogens is 1. The van der Waals surface area contributed by atoms with Crippen LogP contribution in [0.2, 0.25) is 5.28 Å². The largest absolute Gasteiger partial charge is 0.461 e. The highest BCUT2D eigenvalue weighted by Gasteiger charge is 2.10. The Labute approximate surface area is 128 Å². The van der Waals surface area contributed by atoms with Crippen molar-refractivity contribution < 1.29 is 9.47 Å². The molecular formula is C15H16ClN3O2. The molecule has 5 nitrogen and oxygen atoms in total. The van der Waals surface area contributed by atoms with Crippen LogP contribution in [-0.2, 0) is 0 Å². The third kappa shape index (κ3) is 4.43. The van der Waals surface area contributed by atoms with E-state index in [1.165, 1.54) is 0 Å². The summed E-state index contributed by atoms with van der Waals surface area (Å²) in [6, 6.07) is 7.80. The van der Waals surface area contributed by atoms with Crippen molar-refractivity contribution in [3.05, 3.63) is 41.2 Å². The molecule has 0 spiro atoms. The fourth-order valence-corrected chi connectivity index (χ4v) is 1.76. The molecule has 0 aliphatic heterocycles. The molecule has 0 amide bonds. The molecule has 2 rings (SSSR count). The van der Waals surface area contributed by atoms with Crippen molar-refractivity contribution >= 4 is 17.7 Å². The molecule has 0 aliphatic carbocycles. The summed E-state index contributed by atoms with van der Waals surface area (Å²) in [7, 11) is 0. The van der Waals surface area contributed by atoms with Crippen molar-refractivity contribution in [2.75, 3.05) is 0 Å². The topological polar surface area (TPSA) is 57.1 Å². The third-order valence-electron chi connectivity index (χ3n) is 2.37. The van der Waals surface area contributed by atoms with Crippen LogP contribution in [0.3, 0.4) is 0 Å². The average Bonchev–Trinajstić information content (AvgIpc) is 2.40. The maximum Gasteiger partial charge on any atom is 0.329 e. The van der Waals surface area contributed by atoms with Crippen LogP contribution < -0.4 is 9.47 Å². The molecule has 0 fully saturated rings. The minimum absolute atomic E-state index is 0.0270. The Morgan fingerprint density at radius 1 is 1.10 bits per heavy atom. The molecule has 0 aliphatic rings. The lowest BCUT2D eigenvalue weighted by atomic mass is 10.2. The summed E-state index contributed by atoms with van der Waals surface area (Å²) >= 11 is 5.86. The van der Waals surface area contributed by atoms with Crippen LogP contribution in [0.15, 0.2) is 30.3 Å². The predicted octanol–water partition coefficient (Wildman–Crippen LogP) is 4.14. The first kappa shape index (κ1) is 15.3. The molecule has 0 bridgehead atoms. The van der Waals surface area contributed by atoms with Gasteiger partial charge in [0.1, 0.15) is 5.75 Å². The Morgan fingerprint density at radius 2 is 1.81 bits per heavy atom. The molecule has 0 atom stereocenters. The molecule has 2 aromatic rings. The minimum atomic E-state index is -0.0633. The van der Waals surface area contributed by atoms with Gasteiger partial charge in [0.05, 0.1) is 6.10 Å². The number of rotatable bonds is 5. The fraction of sp³-hybridized carbons (Fsp3) is 0.267. The number of hydrogen-bond acceptors (Lipinski definition) is 5. The summed E-state index contributed by atoms with van der Waals surface area (Å²) in [6.07, 6.45) is 3.80. The van der Waals surface area contributed by atoms with E-state index in [-0.39, 0.29) is 23.4 Å². The van der Waals surface area contributed by atoms with Crippen LogP contribution in [0.25, 0.3) is 6.08 Å². The molecule has 21 heavy (non-hydrogen) atoms. The van der Waals surface area contributed by atoms with Gasteiger partial charge in [-0.1, -0.05) is 30.4 Å². The zero-order valence-corrected chi connectivity index (χ0v) is 12.8. The van der Waals surface area contributed by atoms with Crippen LogP contribution in [0, 0.1) is 0 Å². The SMILES string of the molecule is CC=Cc1ccccc1Oc1nc(Cl)nc(OC(C)C)n1. The van der Waals surface area contributed by atoms with E-state index in [1.54, 1.807) is 0 Å². The predicted molar refractivity (Wildman–Crippen MR) is 81.8 cm³/mol. The monoisotopic (exact) mass is 305 g/mol. The smallest absolute Gasteiger partial charge is 0.329 e. The maximum atomic E-state index is 5.86. The van der Waals surface area contributed by atoms with Crippen molar-refractivity contribution in [2.45, 2.75) is 26.9 Å². The second kappa shape index (κ2) is 7.04. The van der Waals surface area contributed by atoms with Crippen LogP contribution in [-0.4, -0.2) is 21.1 Å². The highest BCUT2D eigenvalue weighted by molar-refractivity contribution is 6.28. The summed E-state index contributed by atoms with van der Waals surface area (Å²) in [4.78, 5) is 12.0. The van der Waals surface area contributed by atoms with Gasteiger partial charge in [-0.3, -0.25) is 0 Å². The number of hydrogen-bond donors (Lipinski definition) is 0. The molecule has 0 N–H and O–H groups in total. The molecular weight excluding hydrogens is 290 g/mol. The highest BCUT2D eigenvalue weighted by atomic mass is 35.5. The van der Waals surface area contributed by atoms with E-state index >= 15 is 0 Å². The molecule has 1 heterocycles. The van der Waals surface area contributed by atoms with Crippen molar-refractivity contribution in [2.24, 2.45) is 0 Å². The summed E-state index contributed by atoms with van der Waals surface area (Å²) in [5, 5.41) is 0.0270. The van der Waals surface area contributed by atoms with Gasteiger partial charge in [0, 0.05) is 5.56 Å². The second-order valence-corrected chi connectivity index (χ2v) is 4.81. The van der Waals surface area contributed by atoms with Gasteiger partial charge in [0.2, 0.25) is 5.28 Å². The average molecular weight is 306 g/mol. The van der Waals surface area contributed by atoms with E-state index in [4.69, 9.17) is 21.1 Å². The van der Waals surface area contributed by atoms with Crippen molar-refractivity contribution in [1.29, 1.82) is 0 Å². The summed E-state index contributed by atoms with van der Waals surface area (Å²) in [5.41, 5.74) is 0.919. The summed E-state index contributed by atoms with van der Waals surface area (Å²) < 4.78 is 11.1. The Bertz CT molecular complexity index is 645. The van der Waals surface area contributed by atoms with Gasteiger partial charge >= 0.3 is 12.0 Å². The van der Waals surface area contributed by atoms with Gasteiger partial charge < -0.3 is 9.47 Å². The number of nitrogens with zero attached hydrogens (tertiary/aromatic N) is 3. The van der Waals surface area contributed by atoms with E-state index < -0.39 is 0 Å². The van der Waals surface area contributed by atoms with Gasteiger partial charge in [-0.05, 0) is 38.4 Å². The first-order valence-electron chi connectivity index (χ1n) is 6.56. The van der Waals surface area contributed by atoms with Crippen molar-refractivity contribution in [3.63, 3.8) is 0 Å². The van der Waals surface area contributed by atoms with E-state index in [0.29, 0.717) is 5.75 Å². The summed E-state index contributed by atoms with van der Waals surface area (Å²) in [5.74, 6) is 0.633. The van der Waals surface area contributed by atoms with Crippen LogP contribution in [0.4, 0.5) is 0 Å². The van der Waals surface area contributed by atoms with Crippen LogP contribution in [0.5, 0.6) is 17.8 Å². The molecule has 0 unspecified atom stereocenters. The lowest BCUT2D eigenvalue weighted by molar-refractivity contribution is 0.218. The number of ether oxygens (including phenoxy) is 2. The molecule has 110 valence electrons. The maximum absolute atomic E-state index is 5.86. The third-order valence-corrected chi connectivity index (χ3v) is 2.54. The number of benzene rings is 1. The highest BCUT2D eigenvalue weighted by Crippen LogP contribution is 2.25. The molecule has 1 aromatic heterocycles. The van der Waals surface area contributed by atoms with Crippen molar-refractivity contribution in [3.8, 4) is 17.8 Å². The van der Waals surface area contributed by atoms with Gasteiger partial charge in [-0.2, -0.15) is 9.97 Å². The second-order valence-electron chi connectivity index (χ2n) is 4.48.